The minimum Gasteiger partial charge on any atom is -0.494 e. The van der Waals surface area contributed by atoms with Gasteiger partial charge in [-0.25, -0.2) is 18.8 Å². The maximum Gasteiger partial charge on any atom is 0.439 e. The molecule has 1 heterocycles. The number of imide groups is 1. The van der Waals surface area contributed by atoms with Gasteiger partial charge < -0.3 is 19.3 Å². The van der Waals surface area contributed by atoms with Crippen molar-refractivity contribution in [1.29, 1.82) is 0 Å². The molecular formula is C28H32FN3O7. The van der Waals surface area contributed by atoms with Gasteiger partial charge in [-0.15, -0.1) is 5.01 Å². The van der Waals surface area contributed by atoms with Gasteiger partial charge in [0.2, 0.25) is 0 Å². The van der Waals surface area contributed by atoms with Gasteiger partial charge in [0.05, 0.1) is 12.8 Å². The smallest absolute Gasteiger partial charge is 0.439 e. The lowest BCUT2D eigenvalue weighted by Gasteiger charge is -2.39. The second-order valence-electron chi connectivity index (χ2n) is 10.7. The van der Waals surface area contributed by atoms with Crippen molar-refractivity contribution < 1.29 is 38.1 Å². The molecule has 2 amide bonds. The van der Waals surface area contributed by atoms with Crippen LogP contribution in [0.4, 0.5) is 19.7 Å². The minimum atomic E-state index is -1.72. The highest BCUT2D eigenvalue weighted by Crippen LogP contribution is 2.35. The Balaban J connectivity index is 2.34. The summed E-state index contributed by atoms with van der Waals surface area (Å²) in [7, 11) is 1.24. The number of carbonyl (C=O) groups is 3. The van der Waals surface area contributed by atoms with Crippen LogP contribution in [-0.4, -0.2) is 51.6 Å². The Kier molecular flexibility index (Phi) is 8.33. The second kappa shape index (κ2) is 11.1. The lowest BCUT2D eigenvalue weighted by Crippen LogP contribution is -2.56. The number of carboxylic acids is 1. The molecule has 0 fully saturated rings. The number of amides is 2. The van der Waals surface area contributed by atoms with Gasteiger partial charge >= 0.3 is 18.2 Å². The van der Waals surface area contributed by atoms with Gasteiger partial charge in [-0.2, -0.15) is 0 Å². The summed E-state index contributed by atoms with van der Waals surface area (Å²) in [6, 6.07) is 8.22. The number of anilines is 1. The van der Waals surface area contributed by atoms with Crippen LogP contribution in [0.15, 0.2) is 54.9 Å². The SMILES string of the molecule is COc1cc(C(C(=O)O)N(c2ccc3cnccc3c2)N(C(=O)OC(C)(C)C)C(=O)OC(C)(C)C)ccc1F. The van der Waals surface area contributed by atoms with Gasteiger partial charge in [0.1, 0.15) is 11.2 Å². The lowest BCUT2D eigenvalue weighted by molar-refractivity contribution is -0.139. The number of hydrazine groups is 1. The number of hydrogen-bond acceptors (Lipinski definition) is 8. The van der Waals surface area contributed by atoms with Gasteiger partial charge in [-0.1, -0.05) is 12.1 Å². The van der Waals surface area contributed by atoms with Crippen molar-refractivity contribution in [3.05, 3.63) is 66.2 Å². The Morgan fingerprint density at radius 2 is 1.51 bits per heavy atom. The molecule has 2 aromatic carbocycles. The van der Waals surface area contributed by atoms with Gasteiger partial charge in [0.25, 0.3) is 0 Å². The molecule has 1 N–H and O–H groups in total. The van der Waals surface area contributed by atoms with Crippen LogP contribution in [-0.2, 0) is 14.3 Å². The van der Waals surface area contributed by atoms with Crippen molar-refractivity contribution in [3.63, 3.8) is 0 Å². The molecular weight excluding hydrogens is 509 g/mol. The monoisotopic (exact) mass is 541 g/mol. The molecule has 0 radical (unpaired) electrons. The number of pyridine rings is 1. The number of nitrogens with zero attached hydrogens (tertiary/aromatic N) is 3. The summed E-state index contributed by atoms with van der Waals surface area (Å²) >= 11 is 0. The van der Waals surface area contributed by atoms with E-state index in [0.717, 1.165) is 16.5 Å². The molecule has 0 saturated heterocycles. The van der Waals surface area contributed by atoms with Crippen LogP contribution in [0.25, 0.3) is 10.8 Å². The molecule has 0 aliphatic rings. The lowest BCUT2D eigenvalue weighted by atomic mass is 10.0. The van der Waals surface area contributed by atoms with E-state index < -0.39 is 41.2 Å². The largest absolute Gasteiger partial charge is 0.494 e. The third kappa shape index (κ3) is 7.13. The molecule has 0 aliphatic heterocycles. The number of fused-ring (bicyclic) bond motifs is 1. The summed E-state index contributed by atoms with van der Waals surface area (Å²) in [5.74, 6) is -2.38. The second-order valence-corrected chi connectivity index (χ2v) is 10.7. The average molecular weight is 542 g/mol. The molecule has 0 spiro atoms. The Hall–Kier alpha value is -4.41. The van der Waals surface area contributed by atoms with Crippen molar-refractivity contribution in [3.8, 4) is 5.75 Å². The predicted octanol–water partition coefficient (Wildman–Crippen LogP) is 6.10. The third-order valence-corrected chi connectivity index (χ3v) is 5.21. The van der Waals surface area contributed by atoms with Gasteiger partial charge in [0, 0.05) is 17.8 Å². The van der Waals surface area contributed by atoms with E-state index in [-0.39, 0.29) is 17.0 Å². The summed E-state index contributed by atoms with van der Waals surface area (Å²) < 4.78 is 30.3. The van der Waals surface area contributed by atoms with E-state index in [9.17, 15) is 23.9 Å². The van der Waals surface area contributed by atoms with Crippen molar-refractivity contribution in [1.82, 2.24) is 9.99 Å². The van der Waals surface area contributed by atoms with Crippen LogP contribution in [0.1, 0.15) is 53.1 Å². The molecule has 3 aromatic rings. The molecule has 0 bridgehead atoms. The highest BCUT2D eigenvalue weighted by Gasteiger charge is 2.43. The fraction of sp³-hybridized carbons (Fsp3) is 0.357. The molecule has 1 unspecified atom stereocenters. The van der Waals surface area contributed by atoms with Crippen molar-refractivity contribution in [2.24, 2.45) is 0 Å². The molecule has 1 aromatic heterocycles. The highest BCUT2D eigenvalue weighted by atomic mass is 19.1. The van der Waals surface area contributed by atoms with E-state index >= 15 is 0 Å². The molecule has 11 heteroatoms. The summed E-state index contributed by atoms with van der Waals surface area (Å²) in [5.41, 5.74) is -1.93. The zero-order valence-electron chi connectivity index (χ0n) is 22.9. The predicted molar refractivity (Wildman–Crippen MR) is 142 cm³/mol. The van der Waals surface area contributed by atoms with E-state index in [0.29, 0.717) is 10.4 Å². The minimum absolute atomic E-state index is 0.0210. The first-order chi connectivity index (χ1) is 18.1. The Bertz CT molecular complexity index is 1350. The van der Waals surface area contributed by atoms with Crippen LogP contribution >= 0.6 is 0 Å². The van der Waals surface area contributed by atoms with Gasteiger partial charge in [-0.3, -0.25) is 9.99 Å². The zero-order valence-corrected chi connectivity index (χ0v) is 22.9. The molecule has 10 nitrogen and oxygen atoms in total. The van der Waals surface area contributed by atoms with Crippen molar-refractivity contribution >= 4 is 34.6 Å². The number of ether oxygens (including phenoxy) is 3. The Labute approximate surface area is 225 Å². The number of halogens is 1. The number of aromatic nitrogens is 1. The standard InChI is InChI=1S/C28H32FN3O7/c1-27(2,3)38-25(35)32(26(36)39-28(4,5)6)31(20-10-8-19-16-30-13-12-17(19)14-20)23(24(33)34)18-9-11-21(29)22(15-18)37-7/h8-16,23H,1-7H3,(H,33,34). The van der Waals surface area contributed by atoms with E-state index in [1.807, 2.05) is 0 Å². The van der Waals surface area contributed by atoms with Crippen LogP contribution in [0.2, 0.25) is 0 Å². The molecule has 1 atom stereocenters. The first-order valence-electron chi connectivity index (χ1n) is 12.1. The zero-order chi connectivity index (χ0) is 29.1. The average Bonchev–Trinajstić information content (AvgIpc) is 2.81. The Morgan fingerprint density at radius 3 is 2.05 bits per heavy atom. The fourth-order valence-electron chi connectivity index (χ4n) is 3.69. The number of rotatable bonds is 6. The molecule has 0 aliphatic carbocycles. The van der Waals surface area contributed by atoms with Crippen LogP contribution in [0, 0.1) is 5.82 Å². The molecule has 0 saturated carbocycles. The summed E-state index contributed by atoms with van der Waals surface area (Å²) in [4.78, 5) is 44.1. The molecule has 3 rings (SSSR count). The van der Waals surface area contributed by atoms with Crippen LogP contribution in [0.3, 0.4) is 0 Å². The quantitative estimate of drug-likeness (QED) is 0.369. The van der Waals surface area contributed by atoms with Gasteiger partial charge in [0.15, 0.2) is 17.6 Å². The number of carbonyl (C=O) groups excluding carboxylic acids is 2. The first-order valence-corrected chi connectivity index (χ1v) is 12.1. The Morgan fingerprint density at radius 1 is 0.897 bits per heavy atom. The summed E-state index contributed by atoms with van der Waals surface area (Å²) in [5, 5.41) is 13.3. The number of aliphatic carboxylic acids is 1. The molecule has 39 heavy (non-hydrogen) atoms. The van der Waals surface area contributed by atoms with E-state index in [4.69, 9.17) is 14.2 Å². The molecule has 208 valence electrons. The summed E-state index contributed by atoms with van der Waals surface area (Å²) in [6.07, 6.45) is 0.816. The number of methoxy groups -OCH3 is 1. The maximum absolute atomic E-state index is 14.3. The van der Waals surface area contributed by atoms with Crippen LogP contribution < -0.4 is 9.75 Å². The highest BCUT2D eigenvalue weighted by molar-refractivity contribution is 5.94. The number of carboxylic acid groups (broad SMARTS) is 1. The fourth-order valence-corrected chi connectivity index (χ4v) is 3.69. The number of hydrogen-bond donors (Lipinski definition) is 1. The first kappa shape index (κ1) is 29.2. The van der Waals surface area contributed by atoms with E-state index in [1.165, 1.54) is 25.3 Å². The van der Waals surface area contributed by atoms with Crippen molar-refractivity contribution in [2.45, 2.75) is 58.8 Å². The van der Waals surface area contributed by atoms with E-state index in [1.54, 1.807) is 72.1 Å². The number of benzene rings is 2. The van der Waals surface area contributed by atoms with Crippen molar-refractivity contribution in [2.75, 3.05) is 12.1 Å². The normalized spacial score (nSPS) is 12.4. The van der Waals surface area contributed by atoms with Gasteiger partial charge in [-0.05, 0) is 82.8 Å². The van der Waals surface area contributed by atoms with E-state index in [2.05, 4.69) is 4.98 Å². The third-order valence-electron chi connectivity index (χ3n) is 5.21. The van der Waals surface area contributed by atoms with Crippen LogP contribution in [0.5, 0.6) is 5.75 Å². The topological polar surface area (TPSA) is 119 Å². The maximum atomic E-state index is 14.3. The summed E-state index contributed by atoms with van der Waals surface area (Å²) in [6.45, 7) is 9.61.